The zero-order chi connectivity index (χ0) is 26.4. The first-order valence-corrected chi connectivity index (χ1v) is 13.9. The lowest BCUT2D eigenvalue weighted by Gasteiger charge is -2.38. The van der Waals surface area contributed by atoms with Gasteiger partial charge < -0.3 is 29.9 Å². The van der Waals surface area contributed by atoms with Crippen molar-refractivity contribution in [1.82, 2.24) is 15.1 Å². The fraction of sp³-hybridized carbons (Fsp3) is 0.533. The Kier molecular flexibility index (Phi) is 8.19. The van der Waals surface area contributed by atoms with Crippen molar-refractivity contribution in [1.29, 1.82) is 0 Å². The van der Waals surface area contributed by atoms with Crippen LogP contribution in [-0.4, -0.2) is 90.8 Å². The molecular formula is C30H39ClN4O4. The number of ether oxygens (including phenoxy) is 1. The number of β-amino-alcohol motifs (C(OH)–C–C–N with tert-alkyl or cyclic N) is 1. The predicted octanol–water partition coefficient (Wildman–Crippen LogP) is 2.86. The Balaban J connectivity index is 0.00000308. The third kappa shape index (κ3) is 5.27. The average Bonchev–Trinajstić information content (AvgIpc) is 3.15. The molecule has 2 aromatic rings. The number of fused-ring (bicyclic) bond motifs is 4. The number of methoxy groups -OCH3 is 1. The van der Waals surface area contributed by atoms with Crippen LogP contribution in [0.4, 0.5) is 5.69 Å². The number of likely N-dealkylation sites (N-methyl/N-ethyl adjacent to an activating group) is 1. The first-order chi connectivity index (χ1) is 18.4. The summed E-state index contributed by atoms with van der Waals surface area (Å²) in [7, 11) is 3.72. The molecule has 2 fully saturated rings. The highest BCUT2D eigenvalue weighted by Crippen LogP contribution is 2.38. The molecule has 2 bridgehead atoms. The van der Waals surface area contributed by atoms with Crippen LogP contribution in [0.1, 0.15) is 57.5 Å². The van der Waals surface area contributed by atoms with Crippen LogP contribution in [0.15, 0.2) is 42.5 Å². The van der Waals surface area contributed by atoms with Gasteiger partial charge in [0, 0.05) is 64.0 Å². The third-order valence-corrected chi connectivity index (χ3v) is 9.12. The Bertz CT molecular complexity index is 1210. The van der Waals surface area contributed by atoms with Gasteiger partial charge in [-0.05, 0) is 61.4 Å². The third-order valence-electron chi connectivity index (χ3n) is 9.12. The molecule has 2 amide bonds. The average molecular weight is 555 g/mol. The van der Waals surface area contributed by atoms with Gasteiger partial charge in [-0.15, -0.1) is 12.4 Å². The second kappa shape index (κ2) is 11.5. The zero-order valence-corrected chi connectivity index (χ0v) is 23.5. The summed E-state index contributed by atoms with van der Waals surface area (Å²) in [5.41, 5.74) is 4.51. The van der Waals surface area contributed by atoms with E-state index in [2.05, 4.69) is 27.2 Å². The Hall–Kier alpha value is -2.65. The van der Waals surface area contributed by atoms with E-state index >= 15 is 0 Å². The minimum atomic E-state index is -0.675. The summed E-state index contributed by atoms with van der Waals surface area (Å²) in [4.78, 5) is 33.1. The van der Waals surface area contributed by atoms with Gasteiger partial charge in [-0.25, -0.2) is 0 Å². The van der Waals surface area contributed by atoms with Crippen molar-refractivity contribution in [3.8, 4) is 0 Å². The van der Waals surface area contributed by atoms with Crippen LogP contribution in [0.25, 0.3) is 0 Å². The number of carbonyl (C=O) groups is 2. The van der Waals surface area contributed by atoms with Crippen LogP contribution in [0, 0.1) is 0 Å². The molecule has 9 heteroatoms. The van der Waals surface area contributed by atoms with Crippen molar-refractivity contribution in [3.63, 3.8) is 0 Å². The highest BCUT2D eigenvalue weighted by molar-refractivity contribution is 6.03. The summed E-state index contributed by atoms with van der Waals surface area (Å²) in [6, 6.07) is 14.1. The van der Waals surface area contributed by atoms with Gasteiger partial charge >= 0.3 is 0 Å². The molecule has 4 heterocycles. The monoisotopic (exact) mass is 554 g/mol. The fourth-order valence-corrected chi connectivity index (χ4v) is 6.90. The molecule has 0 radical (unpaired) electrons. The lowest BCUT2D eigenvalue weighted by Crippen LogP contribution is -2.50. The summed E-state index contributed by atoms with van der Waals surface area (Å²) >= 11 is 0. The number of benzene rings is 2. The molecule has 2 unspecified atom stereocenters. The highest BCUT2D eigenvalue weighted by atomic mass is 35.5. The van der Waals surface area contributed by atoms with Gasteiger partial charge in [-0.1, -0.05) is 24.3 Å². The molecule has 4 aliphatic heterocycles. The van der Waals surface area contributed by atoms with E-state index in [9.17, 15) is 14.7 Å². The summed E-state index contributed by atoms with van der Waals surface area (Å²) in [5, 5.41) is 14.5. The molecule has 39 heavy (non-hydrogen) atoms. The number of aliphatic hydroxyl groups excluding tert-OH is 1. The lowest BCUT2D eigenvalue weighted by molar-refractivity contribution is 0.00821. The topological polar surface area (TPSA) is 85.3 Å². The normalized spacial score (nSPS) is 26.8. The lowest BCUT2D eigenvalue weighted by atomic mass is 9.92. The Morgan fingerprint density at radius 1 is 1.10 bits per heavy atom. The molecule has 6 rings (SSSR count). The minimum absolute atomic E-state index is 0. The number of rotatable bonds is 5. The number of amides is 2. The van der Waals surface area contributed by atoms with E-state index in [4.69, 9.17) is 4.74 Å². The number of aliphatic hydroxyl groups is 1. The van der Waals surface area contributed by atoms with E-state index < -0.39 is 6.10 Å². The maximum Gasteiger partial charge on any atom is 0.256 e. The Labute approximate surface area is 236 Å². The molecule has 2 saturated heterocycles. The van der Waals surface area contributed by atoms with E-state index in [-0.39, 0.29) is 55.0 Å². The highest BCUT2D eigenvalue weighted by Gasteiger charge is 2.43. The zero-order valence-electron chi connectivity index (χ0n) is 22.7. The van der Waals surface area contributed by atoms with Gasteiger partial charge in [-0.3, -0.25) is 9.59 Å². The molecular weight excluding hydrogens is 516 g/mol. The van der Waals surface area contributed by atoms with Gasteiger partial charge in [0.1, 0.15) is 0 Å². The molecule has 0 saturated carbocycles. The first-order valence-electron chi connectivity index (χ1n) is 13.9. The van der Waals surface area contributed by atoms with Gasteiger partial charge in [0.2, 0.25) is 0 Å². The molecule has 2 N–H and O–H groups in total. The fourth-order valence-electron chi connectivity index (χ4n) is 6.90. The number of nitrogens with one attached hydrogen (secondary N) is 1. The van der Waals surface area contributed by atoms with Gasteiger partial charge in [-0.2, -0.15) is 0 Å². The second-order valence-corrected chi connectivity index (χ2v) is 11.4. The molecule has 0 aliphatic carbocycles. The Morgan fingerprint density at radius 2 is 1.82 bits per heavy atom. The number of carbonyl (C=O) groups excluding carboxylic acids is 2. The number of hydrogen-bond acceptors (Lipinski definition) is 6. The quantitative estimate of drug-likeness (QED) is 0.591. The van der Waals surface area contributed by atoms with E-state index in [1.807, 2.05) is 25.2 Å². The van der Waals surface area contributed by atoms with E-state index in [0.717, 1.165) is 44.3 Å². The van der Waals surface area contributed by atoms with Crippen LogP contribution < -0.4 is 10.2 Å². The number of hydrogen-bond donors (Lipinski definition) is 2. The molecule has 0 spiro atoms. The molecule has 4 aliphatic rings. The molecule has 4 atom stereocenters. The van der Waals surface area contributed by atoms with Crippen molar-refractivity contribution in [2.45, 2.75) is 69.0 Å². The van der Waals surface area contributed by atoms with Crippen molar-refractivity contribution in [2.24, 2.45) is 0 Å². The van der Waals surface area contributed by atoms with Crippen LogP contribution in [0.5, 0.6) is 0 Å². The SMILES string of the molecule is COC1CC2CCC(C1)N2C(=O)c1ccc2c(c1)N(C)CCN(C[C@@H](O)[C@@H]1Cc3ccccc3CN1)C2=O.Cl. The van der Waals surface area contributed by atoms with E-state index in [1.165, 1.54) is 11.1 Å². The van der Waals surface area contributed by atoms with E-state index in [0.29, 0.717) is 24.2 Å². The summed E-state index contributed by atoms with van der Waals surface area (Å²) in [6.07, 6.45) is 4.13. The van der Waals surface area contributed by atoms with Gasteiger partial charge in [0.25, 0.3) is 11.8 Å². The first kappa shape index (κ1) is 27.9. The van der Waals surface area contributed by atoms with Crippen LogP contribution >= 0.6 is 12.4 Å². The second-order valence-electron chi connectivity index (χ2n) is 11.4. The van der Waals surface area contributed by atoms with E-state index in [1.54, 1.807) is 24.1 Å². The number of piperidine rings is 1. The summed E-state index contributed by atoms with van der Waals surface area (Å²) in [6.45, 7) is 2.14. The smallest absolute Gasteiger partial charge is 0.256 e. The molecule has 8 nitrogen and oxygen atoms in total. The maximum absolute atomic E-state index is 13.6. The molecule has 0 aromatic heterocycles. The minimum Gasteiger partial charge on any atom is -0.390 e. The van der Waals surface area contributed by atoms with Crippen molar-refractivity contribution < 1.29 is 19.4 Å². The van der Waals surface area contributed by atoms with Gasteiger partial charge in [0.15, 0.2) is 0 Å². The van der Waals surface area contributed by atoms with Crippen molar-refractivity contribution >= 4 is 29.9 Å². The standard InChI is InChI=1S/C30H38N4O4.ClH/c1-32-11-12-33(18-28(35)26-13-19-5-3-4-6-21(19)17-31-26)30(37)25-10-7-20(14-27(25)32)29(36)34-22-8-9-23(34)16-24(15-22)38-2;/h3-7,10,14,22-24,26,28,31,35H,8-9,11-13,15-18H2,1-2H3;1H/t22?,23?,24?,26-,28+;/m0./s1. The van der Waals surface area contributed by atoms with Crippen molar-refractivity contribution in [2.75, 3.05) is 38.7 Å². The summed E-state index contributed by atoms with van der Waals surface area (Å²) < 4.78 is 5.60. The molecule has 2 aromatic carbocycles. The maximum atomic E-state index is 13.6. The van der Waals surface area contributed by atoms with Crippen LogP contribution in [0.3, 0.4) is 0 Å². The largest absolute Gasteiger partial charge is 0.390 e. The number of halogens is 1. The van der Waals surface area contributed by atoms with Crippen LogP contribution in [-0.2, 0) is 17.7 Å². The molecule has 210 valence electrons. The predicted molar refractivity (Wildman–Crippen MR) is 153 cm³/mol. The number of nitrogens with zero attached hydrogens (tertiary/aromatic N) is 3. The van der Waals surface area contributed by atoms with Crippen LogP contribution in [0.2, 0.25) is 0 Å². The number of anilines is 1. The Morgan fingerprint density at radius 3 is 2.54 bits per heavy atom. The van der Waals surface area contributed by atoms with Crippen molar-refractivity contribution in [3.05, 3.63) is 64.7 Å². The van der Waals surface area contributed by atoms with Gasteiger partial charge in [0.05, 0.1) is 23.5 Å². The summed E-state index contributed by atoms with van der Waals surface area (Å²) in [5.74, 6) is -0.0459.